The third-order valence-electron chi connectivity index (χ3n) is 3.10. The Morgan fingerprint density at radius 1 is 1.05 bits per heavy atom. The van der Waals surface area contributed by atoms with Gasteiger partial charge in [0.1, 0.15) is 0 Å². The van der Waals surface area contributed by atoms with E-state index in [0.29, 0.717) is 5.76 Å². The van der Waals surface area contributed by atoms with E-state index in [1.165, 1.54) is 30.5 Å². The van der Waals surface area contributed by atoms with Crippen LogP contribution >= 0.6 is 0 Å². The molecule has 0 radical (unpaired) electrons. The molecule has 22 heavy (non-hydrogen) atoms. The third kappa shape index (κ3) is 2.62. The lowest BCUT2D eigenvalue weighted by Crippen LogP contribution is -2.01. The van der Waals surface area contributed by atoms with Gasteiger partial charge in [0.05, 0.1) is 11.1 Å². The van der Waals surface area contributed by atoms with E-state index in [1.807, 2.05) is 30.3 Å². The van der Waals surface area contributed by atoms with Crippen LogP contribution in [0.25, 0.3) is 11.3 Å². The van der Waals surface area contributed by atoms with Gasteiger partial charge in [-0.3, -0.25) is 14.9 Å². The molecule has 3 aromatic rings. The van der Waals surface area contributed by atoms with Crippen molar-refractivity contribution in [3.8, 4) is 11.3 Å². The smallest absolute Gasteiger partial charge is 0.269 e. The Balaban J connectivity index is 1.87. The van der Waals surface area contributed by atoms with Gasteiger partial charge in [-0.2, -0.15) is 0 Å². The molecule has 0 atom stereocenters. The minimum Gasteiger partial charge on any atom is -0.433 e. The van der Waals surface area contributed by atoms with Crippen molar-refractivity contribution in [2.45, 2.75) is 0 Å². The summed E-state index contributed by atoms with van der Waals surface area (Å²) in [7, 11) is 0. The molecule has 1 heterocycles. The van der Waals surface area contributed by atoms with Crippen molar-refractivity contribution >= 4 is 11.5 Å². The molecule has 3 rings (SSSR count). The Morgan fingerprint density at radius 3 is 2.36 bits per heavy atom. The number of hydrogen-bond acceptors (Lipinski definition) is 5. The fraction of sp³-hybridized carbons (Fsp3) is 0. The number of nitro benzene ring substituents is 1. The summed E-state index contributed by atoms with van der Waals surface area (Å²) >= 11 is 0. The molecule has 108 valence electrons. The summed E-state index contributed by atoms with van der Waals surface area (Å²) in [6.07, 6.45) is 1.48. The molecule has 0 unspecified atom stereocenters. The molecular formula is C16H10N2O4. The van der Waals surface area contributed by atoms with Gasteiger partial charge in [-0.25, -0.2) is 4.98 Å². The van der Waals surface area contributed by atoms with Gasteiger partial charge >= 0.3 is 0 Å². The highest BCUT2D eigenvalue weighted by Gasteiger charge is 2.17. The normalized spacial score (nSPS) is 10.4. The lowest BCUT2D eigenvalue weighted by molar-refractivity contribution is -0.384. The Bertz CT molecular complexity index is 823. The Hall–Kier alpha value is -3.28. The third-order valence-corrected chi connectivity index (χ3v) is 3.10. The maximum absolute atomic E-state index is 12.2. The van der Waals surface area contributed by atoms with Crippen molar-refractivity contribution in [3.63, 3.8) is 0 Å². The number of carbonyl (C=O) groups is 1. The standard InChI is InChI=1S/C16H10N2O4/c19-15(12-6-8-13(9-7-12)18(20)21)16-17-10-14(22-16)11-4-2-1-3-5-11/h1-10H. The number of non-ortho nitro benzene ring substituents is 1. The summed E-state index contributed by atoms with van der Waals surface area (Å²) in [5.74, 6) is 0.0237. The fourth-order valence-electron chi connectivity index (χ4n) is 1.97. The number of carbonyl (C=O) groups excluding carboxylic acids is 1. The molecule has 0 aliphatic carbocycles. The minimum atomic E-state index is -0.521. The van der Waals surface area contributed by atoms with Crippen molar-refractivity contribution < 1.29 is 14.1 Å². The Labute approximate surface area is 125 Å². The number of oxazole rings is 1. The van der Waals surface area contributed by atoms with E-state index < -0.39 is 10.7 Å². The van der Waals surface area contributed by atoms with Crippen molar-refractivity contribution in [2.24, 2.45) is 0 Å². The molecule has 2 aromatic carbocycles. The first-order valence-corrected chi connectivity index (χ1v) is 6.45. The number of ketones is 1. The number of rotatable bonds is 4. The molecule has 0 amide bonds. The van der Waals surface area contributed by atoms with Gasteiger partial charge in [0, 0.05) is 23.3 Å². The highest BCUT2D eigenvalue weighted by molar-refractivity contribution is 6.06. The Kier molecular flexibility index (Phi) is 3.49. The molecule has 1 aromatic heterocycles. The molecule has 0 saturated carbocycles. The predicted molar refractivity (Wildman–Crippen MR) is 78.5 cm³/mol. The monoisotopic (exact) mass is 294 g/mol. The number of nitro groups is 1. The van der Waals surface area contributed by atoms with Crippen LogP contribution in [-0.2, 0) is 0 Å². The zero-order valence-electron chi connectivity index (χ0n) is 11.3. The van der Waals surface area contributed by atoms with Gasteiger partial charge in [-0.1, -0.05) is 30.3 Å². The first kappa shape index (κ1) is 13.7. The quantitative estimate of drug-likeness (QED) is 0.417. The molecule has 0 aliphatic rings. The molecule has 6 heteroatoms. The lowest BCUT2D eigenvalue weighted by atomic mass is 10.1. The predicted octanol–water partition coefficient (Wildman–Crippen LogP) is 3.48. The maximum atomic E-state index is 12.2. The van der Waals surface area contributed by atoms with Crippen LogP contribution in [0, 0.1) is 10.1 Å². The average Bonchev–Trinajstić information content (AvgIpc) is 3.05. The summed E-state index contributed by atoms with van der Waals surface area (Å²) in [5.41, 5.74) is 1.03. The van der Waals surface area contributed by atoms with Crippen molar-refractivity contribution in [1.82, 2.24) is 4.98 Å². The van der Waals surface area contributed by atoms with E-state index in [-0.39, 0.29) is 17.1 Å². The summed E-state index contributed by atoms with van der Waals surface area (Å²) in [6.45, 7) is 0. The first-order valence-electron chi connectivity index (χ1n) is 6.45. The van der Waals surface area contributed by atoms with Gasteiger partial charge in [0.25, 0.3) is 11.6 Å². The summed E-state index contributed by atoms with van der Waals surface area (Å²) in [4.78, 5) is 26.3. The minimum absolute atomic E-state index is 0.0484. The van der Waals surface area contributed by atoms with Crippen LogP contribution in [0.4, 0.5) is 5.69 Å². The lowest BCUT2D eigenvalue weighted by Gasteiger charge is -1.97. The summed E-state index contributed by atoms with van der Waals surface area (Å²) in [5, 5.41) is 10.6. The van der Waals surface area contributed by atoms with Gasteiger partial charge < -0.3 is 4.42 Å². The van der Waals surface area contributed by atoms with Crippen molar-refractivity contribution in [3.05, 3.63) is 82.4 Å². The van der Waals surface area contributed by atoms with Crippen molar-refractivity contribution in [1.29, 1.82) is 0 Å². The molecule has 6 nitrogen and oxygen atoms in total. The number of nitrogens with zero attached hydrogens (tertiary/aromatic N) is 2. The van der Waals surface area contributed by atoms with Crippen LogP contribution in [0.3, 0.4) is 0 Å². The number of aromatic nitrogens is 1. The fourth-order valence-corrected chi connectivity index (χ4v) is 1.97. The number of benzene rings is 2. The van der Waals surface area contributed by atoms with Crippen LogP contribution in [0.5, 0.6) is 0 Å². The average molecular weight is 294 g/mol. The second-order valence-electron chi connectivity index (χ2n) is 4.53. The van der Waals surface area contributed by atoms with Crippen LogP contribution < -0.4 is 0 Å². The first-order chi connectivity index (χ1) is 10.6. The zero-order chi connectivity index (χ0) is 15.5. The molecule has 0 N–H and O–H groups in total. The van der Waals surface area contributed by atoms with E-state index in [0.717, 1.165) is 5.56 Å². The van der Waals surface area contributed by atoms with Gasteiger partial charge in [-0.15, -0.1) is 0 Å². The zero-order valence-corrected chi connectivity index (χ0v) is 11.3. The highest BCUT2D eigenvalue weighted by atomic mass is 16.6. The maximum Gasteiger partial charge on any atom is 0.269 e. The van der Waals surface area contributed by atoms with E-state index >= 15 is 0 Å². The summed E-state index contributed by atoms with van der Waals surface area (Å²) in [6, 6.07) is 14.6. The van der Waals surface area contributed by atoms with E-state index in [2.05, 4.69) is 4.98 Å². The summed E-state index contributed by atoms with van der Waals surface area (Å²) < 4.78 is 5.47. The van der Waals surface area contributed by atoms with Crippen LogP contribution in [0.2, 0.25) is 0 Å². The van der Waals surface area contributed by atoms with E-state index in [9.17, 15) is 14.9 Å². The molecular weight excluding hydrogens is 284 g/mol. The molecule has 0 aliphatic heterocycles. The number of hydrogen-bond donors (Lipinski definition) is 0. The molecule has 0 saturated heterocycles. The Morgan fingerprint density at radius 2 is 1.73 bits per heavy atom. The van der Waals surface area contributed by atoms with E-state index in [4.69, 9.17) is 4.42 Å². The van der Waals surface area contributed by atoms with Crippen LogP contribution in [0.15, 0.2) is 65.2 Å². The topological polar surface area (TPSA) is 86.2 Å². The van der Waals surface area contributed by atoms with Gasteiger partial charge in [0.2, 0.25) is 5.78 Å². The van der Waals surface area contributed by atoms with Crippen LogP contribution in [-0.4, -0.2) is 15.7 Å². The second-order valence-corrected chi connectivity index (χ2v) is 4.53. The largest absolute Gasteiger partial charge is 0.433 e. The van der Waals surface area contributed by atoms with E-state index in [1.54, 1.807) is 0 Å². The van der Waals surface area contributed by atoms with Crippen LogP contribution in [0.1, 0.15) is 16.2 Å². The van der Waals surface area contributed by atoms with Crippen molar-refractivity contribution in [2.75, 3.05) is 0 Å². The second kappa shape index (κ2) is 5.61. The molecule has 0 spiro atoms. The molecule has 0 fully saturated rings. The highest BCUT2D eigenvalue weighted by Crippen LogP contribution is 2.21. The SMILES string of the molecule is O=C(c1ccc([N+](=O)[O-])cc1)c1ncc(-c2ccccc2)o1. The molecule has 0 bridgehead atoms. The van der Waals surface area contributed by atoms with Gasteiger partial charge in [-0.05, 0) is 12.1 Å². The van der Waals surface area contributed by atoms with Gasteiger partial charge in [0.15, 0.2) is 5.76 Å².